The molecule has 4 N–H and O–H groups in total. The van der Waals surface area contributed by atoms with Gasteiger partial charge in [-0.05, 0) is 56.4 Å². The van der Waals surface area contributed by atoms with Gasteiger partial charge in [-0.3, -0.25) is 9.59 Å². The molecule has 2 rings (SSSR count). The molecule has 1 aromatic carbocycles. The SMILES string of the molecule is COc1cc(/C=C\C(=O)NCC2(O)CCC(C)(C(=O)O)CC2)ccc1O. The highest BCUT2D eigenvalue weighted by Crippen LogP contribution is 2.40. The van der Waals surface area contributed by atoms with Crippen molar-refractivity contribution < 1.29 is 29.6 Å². The molecule has 1 saturated carbocycles. The Morgan fingerprint density at radius 1 is 1.27 bits per heavy atom. The van der Waals surface area contributed by atoms with Crippen LogP contribution in [0.3, 0.4) is 0 Å². The second-order valence-corrected chi connectivity index (χ2v) is 7.07. The molecular weight excluding hydrogens is 338 g/mol. The third kappa shape index (κ3) is 4.76. The number of hydrogen-bond acceptors (Lipinski definition) is 5. The number of ether oxygens (including phenoxy) is 1. The summed E-state index contributed by atoms with van der Waals surface area (Å²) in [5.41, 5.74) is -1.21. The number of benzene rings is 1. The predicted molar refractivity (Wildman–Crippen MR) is 95.9 cm³/mol. The van der Waals surface area contributed by atoms with Crippen molar-refractivity contribution in [3.8, 4) is 11.5 Å². The van der Waals surface area contributed by atoms with Crippen LogP contribution in [0, 0.1) is 5.41 Å². The maximum Gasteiger partial charge on any atom is 0.309 e. The van der Waals surface area contributed by atoms with E-state index in [2.05, 4.69) is 5.32 Å². The van der Waals surface area contributed by atoms with E-state index < -0.39 is 17.0 Å². The number of carbonyl (C=O) groups is 2. The molecule has 1 aliphatic carbocycles. The van der Waals surface area contributed by atoms with Crippen molar-refractivity contribution in [2.75, 3.05) is 13.7 Å². The normalized spacial score (nSPS) is 25.8. The summed E-state index contributed by atoms with van der Waals surface area (Å²) in [6, 6.07) is 4.71. The molecule has 26 heavy (non-hydrogen) atoms. The van der Waals surface area contributed by atoms with Crippen LogP contribution in [0.2, 0.25) is 0 Å². The van der Waals surface area contributed by atoms with Gasteiger partial charge in [0, 0.05) is 12.6 Å². The van der Waals surface area contributed by atoms with E-state index in [-0.39, 0.29) is 18.2 Å². The first kappa shape index (κ1) is 19.8. The Labute approximate surface area is 152 Å². The van der Waals surface area contributed by atoms with Crippen LogP contribution in [0.15, 0.2) is 24.3 Å². The Kier molecular flexibility index (Phi) is 5.92. The Hall–Kier alpha value is -2.54. The number of hydrogen-bond donors (Lipinski definition) is 4. The lowest BCUT2D eigenvalue weighted by Crippen LogP contribution is -2.48. The third-order valence-electron chi connectivity index (χ3n) is 5.02. The van der Waals surface area contributed by atoms with Crippen molar-refractivity contribution in [1.82, 2.24) is 5.32 Å². The fraction of sp³-hybridized carbons (Fsp3) is 0.474. The van der Waals surface area contributed by atoms with E-state index in [1.165, 1.54) is 19.3 Å². The second kappa shape index (κ2) is 7.78. The van der Waals surface area contributed by atoms with Crippen molar-refractivity contribution in [2.24, 2.45) is 5.41 Å². The van der Waals surface area contributed by atoms with E-state index >= 15 is 0 Å². The van der Waals surface area contributed by atoms with Crippen LogP contribution in [0.1, 0.15) is 38.2 Å². The summed E-state index contributed by atoms with van der Waals surface area (Å²) in [5.74, 6) is -0.889. The minimum atomic E-state index is -1.08. The van der Waals surface area contributed by atoms with Crippen molar-refractivity contribution in [3.05, 3.63) is 29.8 Å². The maximum atomic E-state index is 12.0. The van der Waals surface area contributed by atoms with E-state index in [0.29, 0.717) is 37.0 Å². The summed E-state index contributed by atoms with van der Waals surface area (Å²) in [4.78, 5) is 23.2. The summed E-state index contributed by atoms with van der Waals surface area (Å²) in [7, 11) is 1.44. The minimum Gasteiger partial charge on any atom is -0.504 e. The molecule has 142 valence electrons. The van der Waals surface area contributed by atoms with E-state index in [1.54, 1.807) is 25.1 Å². The maximum absolute atomic E-state index is 12.0. The van der Waals surface area contributed by atoms with Crippen LogP contribution in [-0.4, -0.2) is 46.5 Å². The standard InChI is InChI=1S/C19H25NO6/c1-18(17(23)24)7-9-19(25,10-8-18)12-20-16(22)6-4-13-3-5-14(21)15(11-13)26-2/h3-6,11,21,25H,7-10,12H2,1-2H3,(H,20,22)(H,23,24)/b6-4-. The lowest BCUT2D eigenvalue weighted by Gasteiger charge is -2.39. The van der Waals surface area contributed by atoms with Gasteiger partial charge in [0.15, 0.2) is 11.5 Å². The number of nitrogens with one attached hydrogen (secondary N) is 1. The molecule has 0 atom stereocenters. The van der Waals surface area contributed by atoms with Gasteiger partial charge in [-0.2, -0.15) is 0 Å². The van der Waals surface area contributed by atoms with Gasteiger partial charge in [0.05, 0.1) is 18.1 Å². The zero-order valence-electron chi connectivity index (χ0n) is 15.0. The molecule has 0 bridgehead atoms. The summed E-state index contributed by atoms with van der Waals surface area (Å²) >= 11 is 0. The van der Waals surface area contributed by atoms with Gasteiger partial charge in [-0.15, -0.1) is 0 Å². The summed E-state index contributed by atoms with van der Waals surface area (Å²) < 4.78 is 5.01. The number of methoxy groups -OCH3 is 1. The van der Waals surface area contributed by atoms with Gasteiger partial charge < -0.3 is 25.4 Å². The van der Waals surface area contributed by atoms with Crippen LogP contribution < -0.4 is 10.1 Å². The quantitative estimate of drug-likeness (QED) is 0.574. The summed E-state index contributed by atoms with van der Waals surface area (Å²) in [6.07, 6.45) is 4.31. The number of aliphatic carboxylic acids is 1. The van der Waals surface area contributed by atoms with Crippen molar-refractivity contribution >= 4 is 18.0 Å². The van der Waals surface area contributed by atoms with E-state index in [9.17, 15) is 24.9 Å². The monoisotopic (exact) mass is 363 g/mol. The highest BCUT2D eigenvalue weighted by molar-refractivity contribution is 5.91. The van der Waals surface area contributed by atoms with E-state index in [4.69, 9.17) is 4.74 Å². The first-order valence-corrected chi connectivity index (χ1v) is 8.46. The highest BCUT2D eigenvalue weighted by Gasteiger charge is 2.43. The number of carboxylic acid groups (broad SMARTS) is 1. The van der Waals surface area contributed by atoms with Crippen LogP contribution in [-0.2, 0) is 9.59 Å². The molecule has 0 aliphatic heterocycles. The van der Waals surface area contributed by atoms with Crippen LogP contribution >= 0.6 is 0 Å². The zero-order valence-corrected chi connectivity index (χ0v) is 15.0. The van der Waals surface area contributed by atoms with Gasteiger partial charge in [-0.25, -0.2) is 0 Å². The first-order valence-electron chi connectivity index (χ1n) is 8.46. The number of phenolic OH excluding ortho intramolecular Hbond substituents is 1. The first-order chi connectivity index (χ1) is 12.2. The number of rotatable bonds is 6. The number of aliphatic hydroxyl groups is 1. The molecule has 7 nitrogen and oxygen atoms in total. The molecule has 1 aromatic rings. The van der Waals surface area contributed by atoms with E-state index in [1.807, 2.05) is 0 Å². The molecule has 0 aromatic heterocycles. The topological polar surface area (TPSA) is 116 Å². The lowest BCUT2D eigenvalue weighted by atomic mass is 9.70. The average molecular weight is 363 g/mol. The fourth-order valence-corrected chi connectivity index (χ4v) is 2.94. The molecule has 1 aliphatic rings. The van der Waals surface area contributed by atoms with Gasteiger partial charge in [0.2, 0.25) is 5.91 Å². The number of amides is 1. The fourth-order valence-electron chi connectivity index (χ4n) is 2.94. The Morgan fingerprint density at radius 2 is 1.92 bits per heavy atom. The molecule has 0 radical (unpaired) electrons. The van der Waals surface area contributed by atoms with Crippen molar-refractivity contribution in [1.29, 1.82) is 0 Å². The van der Waals surface area contributed by atoms with Gasteiger partial charge in [0.1, 0.15) is 0 Å². The van der Waals surface area contributed by atoms with Gasteiger partial charge >= 0.3 is 5.97 Å². The van der Waals surface area contributed by atoms with E-state index in [0.717, 1.165) is 0 Å². The smallest absolute Gasteiger partial charge is 0.309 e. The van der Waals surface area contributed by atoms with Gasteiger partial charge in [-0.1, -0.05) is 6.07 Å². The summed E-state index contributed by atoms with van der Waals surface area (Å²) in [5, 5.41) is 32.0. The average Bonchev–Trinajstić information content (AvgIpc) is 2.62. The van der Waals surface area contributed by atoms with Crippen LogP contribution in [0.4, 0.5) is 0 Å². The largest absolute Gasteiger partial charge is 0.504 e. The molecule has 0 heterocycles. The number of aromatic hydroxyl groups is 1. The lowest BCUT2D eigenvalue weighted by molar-refractivity contribution is -0.153. The van der Waals surface area contributed by atoms with Crippen LogP contribution in [0.25, 0.3) is 6.08 Å². The third-order valence-corrected chi connectivity index (χ3v) is 5.02. The van der Waals surface area contributed by atoms with Crippen LogP contribution in [0.5, 0.6) is 11.5 Å². The van der Waals surface area contributed by atoms with Crippen molar-refractivity contribution in [3.63, 3.8) is 0 Å². The Bertz CT molecular complexity index is 704. The molecule has 1 fully saturated rings. The molecule has 0 saturated heterocycles. The van der Waals surface area contributed by atoms with Gasteiger partial charge in [0.25, 0.3) is 0 Å². The second-order valence-electron chi connectivity index (χ2n) is 7.07. The molecular formula is C19H25NO6. The molecule has 0 unspecified atom stereocenters. The number of phenols is 1. The molecule has 1 amide bonds. The highest BCUT2D eigenvalue weighted by atomic mass is 16.5. The summed E-state index contributed by atoms with van der Waals surface area (Å²) in [6.45, 7) is 1.76. The number of carbonyl (C=O) groups excluding carboxylic acids is 1. The zero-order chi connectivity index (χ0) is 19.4. The molecule has 7 heteroatoms. The predicted octanol–water partition coefficient (Wildman–Crippen LogP) is 1.93. The molecule has 0 spiro atoms. The Morgan fingerprint density at radius 3 is 2.50 bits per heavy atom. The van der Waals surface area contributed by atoms with Crippen molar-refractivity contribution in [2.45, 2.75) is 38.2 Å². The minimum absolute atomic E-state index is 0.0157. The number of carboxylic acids is 1. The Balaban J connectivity index is 1.88.